The molecule has 9 nitrogen and oxygen atoms in total. The molecule has 0 bridgehead atoms. The van der Waals surface area contributed by atoms with E-state index in [0.717, 1.165) is 19.1 Å². The molecule has 0 unspecified atom stereocenters. The van der Waals surface area contributed by atoms with Crippen LogP contribution in [0.5, 0.6) is 0 Å². The number of carbonyl (C=O) groups excluding carboxylic acids is 3. The summed E-state index contributed by atoms with van der Waals surface area (Å²) in [5.74, 6) is -1.49. The fourth-order valence-corrected chi connectivity index (χ4v) is 4.88. The maximum absolute atomic E-state index is 13.2. The Morgan fingerprint density at radius 1 is 1.12 bits per heavy atom. The van der Waals surface area contributed by atoms with Gasteiger partial charge in [0.15, 0.2) is 6.61 Å². The first kappa shape index (κ1) is 21.8. The maximum Gasteiger partial charge on any atom is 0.338 e. The van der Waals surface area contributed by atoms with Crippen LogP contribution in [0, 0.1) is 0 Å². The molecule has 0 radical (unpaired) electrons. The Kier molecular flexibility index (Phi) is 5.64. The molecule has 1 saturated carbocycles. The van der Waals surface area contributed by atoms with Gasteiger partial charge in [0.2, 0.25) is 10.0 Å². The van der Waals surface area contributed by atoms with Gasteiger partial charge in [0, 0.05) is 5.69 Å². The van der Waals surface area contributed by atoms with Crippen LogP contribution in [0.15, 0.2) is 48.5 Å². The van der Waals surface area contributed by atoms with Crippen LogP contribution in [0.25, 0.3) is 0 Å². The van der Waals surface area contributed by atoms with Crippen LogP contribution in [0.1, 0.15) is 36.0 Å². The van der Waals surface area contributed by atoms with Crippen LogP contribution in [0.2, 0.25) is 0 Å². The van der Waals surface area contributed by atoms with Gasteiger partial charge in [0.05, 0.1) is 23.2 Å². The topological polar surface area (TPSA) is 122 Å². The van der Waals surface area contributed by atoms with E-state index >= 15 is 0 Å². The van der Waals surface area contributed by atoms with Crippen LogP contribution in [0.3, 0.4) is 0 Å². The summed E-state index contributed by atoms with van der Waals surface area (Å²) in [6.45, 7) is -0.550. The first-order chi connectivity index (χ1) is 15.2. The number of anilines is 3. The van der Waals surface area contributed by atoms with Crippen LogP contribution in [-0.4, -0.2) is 44.6 Å². The molecule has 2 aromatic carbocycles. The Morgan fingerprint density at radius 2 is 1.84 bits per heavy atom. The molecular weight excluding hydrogens is 434 g/mol. The Bertz CT molecular complexity index is 1190. The summed E-state index contributed by atoms with van der Waals surface area (Å²) in [5.41, 5.74) is 0.430. The van der Waals surface area contributed by atoms with Crippen LogP contribution >= 0.6 is 0 Å². The second-order valence-corrected chi connectivity index (χ2v) is 9.72. The monoisotopic (exact) mass is 457 g/mol. The average molecular weight is 458 g/mol. The van der Waals surface area contributed by atoms with Crippen molar-refractivity contribution < 1.29 is 27.5 Å². The lowest BCUT2D eigenvalue weighted by atomic mass is 9.90. The lowest BCUT2D eigenvalue weighted by molar-refractivity contribution is -0.129. The fourth-order valence-electron chi connectivity index (χ4n) is 4.33. The molecule has 1 aliphatic carbocycles. The quantitative estimate of drug-likeness (QED) is 0.666. The Hall–Kier alpha value is -3.40. The number of esters is 1. The van der Waals surface area contributed by atoms with Crippen LogP contribution < -0.4 is 14.9 Å². The molecule has 0 aromatic heterocycles. The number of hydrogen-bond acceptors (Lipinski definition) is 6. The van der Waals surface area contributed by atoms with Crippen molar-refractivity contribution in [1.82, 2.24) is 0 Å². The number of carbonyl (C=O) groups is 3. The van der Waals surface area contributed by atoms with Gasteiger partial charge in [-0.2, -0.15) is 0 Å². The third-order valence-corrected chi connectivity index (χ3v) is 6.26. The van der Waals surface area contributed by atoms with E-state index in [0.29, 0.717) is 24.2 Å². The number of benzene rings is 2. The molecular formula is C22H23N3O6S. The molecule has 1 spiro atoms. The van der Waals surface area contributed by atoms with Crippen molar-refractivity contribution in [3.8, 4) is 0 Å². The molecule has 1 heterocycles. The zero-order valence-corrected chi connectivity index (χ0v) is 18.3. The van der Waals surface area contributed by atoms with Crippen molar-refractivity contribution in [1.29, 1.82) is 0 Å². The van der Waals surface area contributed by atoms with E-state index in [9.17, 15) is 22.8 Å². The summed E-state index contributed by atoms with van der Waals surface area (Å²) in [4.78, 5) is 40.2. The Balaban J connectivity index is 1.54. The minimum absolute atomic E-state index is 0.0961. The molecule has 168 valence electrons. The van der Waals surface area contributed by atoms with Crippen molar-refractivity contribution in [2.45, 2.75) is 31.2 Å². The Morgan fingerprint density at radius 3 is 2.56 bits per heavy atom. The zero-order chi connectivity index (χ0) is 22.9. The van der Waals surface area contributed by atoms with E-state index in [-0.39, 0.29) is 17.2 Å². The molecule has 4 rings (SSSR count). The zero-order valence-electron chi connectivity index (χ0n) is 17.5. The molecule has 1 aliphatic heterocycles. The predicted molar refractivity (Wildman–Crippen MR) is 119 cm³/mol. The van der Waals surface area contributed by atoms with Gasteiger partial charge in [-0.25, -0.2) is 13.2 Å². The summed E-state index contributed by atoms with van der Waals surface area (Å²) < 4.78 is 30.4. The van der Waals surface area contributed by atoms with Gasteiger partial charge >= 0.3 is 5.97 Å². The van der Waals surface area contributed by atoms with Crippen LogP contribution in [-0.2, 0) is 24.3 Å². The van der Waals surface area contributed by atoms with Gasteiger partial charge < -0.3 is 10.1 Å². The summed E-state index contributed by atoms with van der Waals surface area (Å²) in [6.07, 6.45) is 3.71. The highest BCUT2D eigenvalue weighted by Gasteiger charge is 2.52. The van der Waals surface area contributed by atoms with Gasteiger partial charge in [-0.15, -0.1) is 0 Å². The summed E-state index contributed by atoms with van der Waals surface area (Å²) in [5, 5.41) is 2.90. The molecule has 2 aromatic rings. The number of rotatable bonds is 5. The minimum atomic E-state index is -3.51. The molecule has 0 saturated heterocycles. The normalized spacial score (nSPS) is 16.9. The molecule has 0 atom stereocenters. The van der Waals surface area contributed by atoms with Gasteiger partial charge in [0.25, 0.3) is 11.8 Å². The van der Waals surface area contributed by atoms with Crippen molar-refractivity contribution in [3.63, 3.8) is 0 Å². The van der Waals surface area contributed by atoms with Gasteiger partial charge in [-0.05, 0) is 43.2 Å². The van der Waals surface area contributed by atoms with Crippen molar-refractivity contribution in [2.75, 3.05) is 27.8 Å². The first-order valence-electron chi connectivity index (χ1n) is 10.2. The molecule has 32 heavy (non-hydrogen) atoms. The molecule has 10 heteroatoms. The number of amides is 2. The summed E-state index contributed by atoms with van der Waals surface area (Å²) in [6, 6.07) is 12.8. The average Bonchev–Trinajstić information content (AvgIpc) is 3.22. The number of hydrogen-bond donors (Lipinski definition) is 2. The molecule has 2 N–H and O–H groups in total. The van der Waals surface area contributed by atoms with Gasteiger partial charge in [-0.3, -0.25) is 19.2 Å². The minimum Gasteiger partial charge on any atom is -0.452 e. The number of ether oxygens (including phenoxy) is 1. The van der Waals surface area contributed by atoms with Crippen molar-refractivity contribution in [2.24, 2.45) is 0 Å². The largest absolute Gasteiger partial charge is 0.452 e. The lowest BCUT2D eigenvalue weighted by Crippen LogP contribution is -2.61. The highest BCUT2D eigenvalue weighted by molar-refractivity contribution is 7.92. The van der Waals surface area contributed by atoms with E-state index in [4.69, 9.17) is 4.74 Å². The first-order valence-corrected chi connectivity index (χ1v) is 12.1. The number of fused-ring (bicyclic) bond motifs is 1. The molecule has 2 aliphatic rings. The number of nitrogens with one attached hydrogen (secondary N) is 2. The van der Waals surface area contributed by atoms with E-state index in [2.05, 4.69) is 10.0 Å². The third kappa shape index (κ3) is 4.18. The predicted octanol–water partition coefficient (Wildman–Crippen LogP) is 2.51. The molecule has 1 fully saturated rings. The number of nitrogens with zero attached hydrogens (tertiary/aromatic N) is 1. The standard InChI is InChI=1S/C22H23N3O6S/c1-32(29,30)24-16-8-6-7-15(13-16)20(27)31-14-19(26)25-18-10-3-2-9-17(18)23-21(28)22(25)11-4-5-12-22/h2-3,6-10,13,24H,4-5,11-12,14H2,1H3,(H,23,28). The van der Waals surface area contributed by atoms with Gasteiger partial charge in [-0.1, -0.05) is 31.0 Å². The van der Waals surface area contributed by atoms with Crippen LogP contribution in [0.4, 0.5) is 17.1 Å². The van der Waals surface area contributed by atoms with Crippen molar-refractivity contribution >= 4 is 44.9 Å². The van der Waals surface area contributed by atoms with E-state index < -0.39 is 34.0 Å². The van der Waals surface area contributed by atoms with Gasteiger partial charge in [0.1, 0.15) is 5.54 Å². The third-order valence-electron chi connectivity index (χ3n) is 5.65. The maximum atomic E-state index is 13.2. The lowest BCUT2D eigenvalue weighted by Gasteiger charge is -2.44. The Labute approximate surface area is 185 Å². The van der Waals surface area contributed by atoms with Crippen molar-refractivity contribution in [3.05, 3.63) is 54.1 Å². The SMILES string of the molecule is CS(=O)(=O)Nc1cccc(C(=O)OCC(=O)N2c3ccccc3NC(=O)C23CCCC3)c1. The highest BCUT2D eigenvalue weighted by Crippen LogP contribution is 2.45. The second kappa shape index (κ2) is 8.27. The summed E-state index contributed by atoms with van der Waals surface area (Å²) in [7, 11) is -3.51. The number of para-hydroxylation sites is 2. The smallest absolute Gasteiger partial charge is 0.338 e. The fraction of sp³-hybridized carbons (Fsp3) is 0.318. The molecule has 2 amide bonds. The highest BCUT2D eigenvalue weighted by atomic mass is 32.2. The van der Waals surface area contributed by atoms with E-state index in [1.165, 1.54) is 29.2 Å². The second-order valence-electron chi connectivity index (χ2n) is 7.97. The van der Waals surface area contributed by atoms with E-state index in [1.54, 1.807) is 24.3 Å². The van der Waals surface area contributed by atoms with E-state index in [1.807, 2.05) is 0 Å². The summed E-state index contributed by atoms with van der Waals surface area (Å²) >= 11 is 0. The number of sulfonamides is 1.